The van der Waals surface area contributed by atoms with Gasteiger partial charge in [0.2, 0.25) is 0 Å². The maximum absolute atomic E-state index is 12.4. The van der Waals surface area contributed by atoms with Gasteiger partial charge in [-0.2, -0.15) is 0 Å². The minimum atomic E-state index is 0.127. The van der Waals surface area contributed by atoms with Crippen LogP contribution >= 0.6 is 0 Å². The van der Waals surface area contributed by atoms with Crippen LogP contribution in [-0.2, 0) is 0 Å². The Morgan fingerprint density at radius 3 is 2.94 bits per heavy atom. The number of hydrogen-bond acceptors (Lipinski definition) is 2. The van der Waals surface area contributed by atoms with Crippen molar-refractivity contribution in [3.8, 4) is 0 Å². The minimum Gasteiger partial charge on any atom is -0.334 e. The third-order valence-electron chi connectivity index (χ3n) is 4.14. The second-order valence-electron chi connectivity index (χ2n) is 5.11. The van der Waals surface area contributed by atoms with Crippen molar-refractivity contribution in [1.82, 2.24) is 9.88 Å². The standard InChI is InChI=1S/C14H18N2O/c17-14(12-7-1-2-9-15-12)16-10-4-6-11-5-3-8-13(11)16/h1-2,7,9,11,13H,3-6,8,10H2. The predicted octanol–water partition coefficient (Wildman–Crippen LogP) is 2.49. The van der Waals surface area contributed by atoms with Crippen LogP contribution in [-0.4, -0.2) is 28.4 Å². The lowest BCUT2D eigenvalue weighted by Crippen LogP contribution is -2.46. The van der Waals surface area contributed by atoms with E-state index in [1.54, 1.807) is 6.20 Å². The largest absolute Gasteiger partial charge is 0.334 e. The molecule has 0 spiro atoms. The van der Waals surface area contributed by atoms with Crippen LogP contribution in [0.2, 0.25) is 0 Å². The molecule has 3 nitrogen and oxygen atoms in total. The number of aromatic nitrogens is 1. The molecule has 1 saturated carbocycles. The molecule has 0 radical (unpaired) electrons. The molecule has 2 aliphatic rings. The molecule has 1 aliphatic heterocycles. The van der Waals surface area contributed by atoms with Gasteiger partial charge in [0.25, 0.3) is 5.91 Å². The summed E-state index contributed by atoms with van der Waals surface area (Å²) in [5.74, 6) is 0.874. The summed E-state index contributed by atoms with van der Waals surface area (Å²) in [5, 5.41) is 0. The molecule has 1 aromatic rings. The quantitative estimate of drug-likeness (QED) is 0.742. The van der Waals surface area contributed by atoms with Gasteiger partial charge in [-0.3, -0.25) is 9.78 Å². The number of carbonyl (C=O) groups is 1. The average molecular weight is 230 g/mol. The molecule has 1 aliphatic carbocycles. The fourth-order valence-corrected chi connectivity index (χ4v) is 3.34. The first-order valence-corrected chi connectivity index (χ1v) is 6.58. The molecule has 0 aromatic carbocycles. The van der Waals surface area contributed by atoms with E-state index in [9.17, 15) is 4.79 Å². The van der Waals surface area contributed by atoms with Gasteiger partial charge in [-0.15, -0.1) is 0 Å². The Labute approximate surface area is 102 Å². The van der Waals surface area contributed by atoms with Crippen molar-refractivity contribution in [2.75, 3.05) is 6.54 Å². The molecule has 2 fully saturated rings. The maximum atomic E-state index is 12.4. The van der Waals surface area contributed by atoms with Gasteiger partial charge in [-0.05, 0) is 43.7 Å². The molecule has 17 heavy (non-hydrogen) atoms. The fraction of sp³-hybridized carbons (Fsp3) is 0.571. The summed E-state index contributed by atoms with van der Waals surface area (Å²) in [7, 11) is 0. The number of pyridine rings is 1. The van der Waals surface area contributed by atoms with E-state index >= 15 is 0 Å². The van der Waals surface area contributed by atoms with Gasteiger partial charge in [0.15, 0.2) is 0 Å². The molecule has 2 atom stereocenters. The Hall–Kier alpha value is -1.38. The van der Waals surface area contributed by atoms with Crippen molar-refractivity contribution in [2.45, 2.75) is 38.1 Å². The molecule has 0 N–H and O–H groups in total. The van der Waals surface area contributed by atoms with Crippen LogP contribution in [0.5, 0.6) is 0 Å². The Kier molecular flexibility index (Phi) is 2.83. The van der Waals surface area contributed by atoms with E-state index in [0.29, 0.717) is 11.7 Å². The van der Waals surface area contributed by atoms with E-state index < -0.39 is 0 Å². The molecular weight excluding hydrogens is 212 g/mol. The Balaban J connectivity index is 1.81. The predicted molar refractivity (Wildman–Crippen MR) is 65.6 cm³/mol. The summed E-state index contributed by atoms with van der Waals surface area (Å²) in [6.45, 7) is 0.913. The van der Waals surface area contributed by atoms with Crippen LogP contribution in [0.4, 0.5) is 0 Å². The zero-order chi connectivity index (χ0) is 11.7. The highest BCUT2D eigenvalue weighted by Gasteiger charge is 2.37. The monoisotopic (exact) mass is 230 g/mol. The lowest BCUT2D eigenvalue weighted by molar-refractivity contribution is 0.0542. The van der Waals surface area contributed by atoms with E-state index in [1.165, 1.54) is 25.7 Å². The summed E-state index contributed by atoms with van der Waals surface area (Å²) >= 11 is 0. The summed E-state index contributed by atoms with van der Waals surface area (Å²) in [5.41, 5.74) is 0.597. The molecule has 3 heteroatoms. The van der Waals surface area contributed by atoms with E-state index in [2.05, 4.69) is 9.88 Å². The summed E-state index contributed by atoms with van der Waals surface area (Å²) in [6, 6.07) is 6.04. The lowest BCUT2D eigenvalue weighted by Gasteiger charge is -2.37. The normalized spacial score (nSPS) is 27.9. The highest BCUT2D eigenvalue weighted by atomic mass is 16.2. The molecule has 3 rings (SSSR count). The third-order valence-corrected chi connectivity index (χ3v) is 4.14. The van der Waals surface area contributed by atoms with Crippen molar-refractivity contribution in [3.63, 3.8) is 0 Å². The molecule has 1 aromatic heterocycles. The van der Waals surface area contributed by atoms with Crippen molar-refractivity contribution in [3.05, 3.63) is 30.1 Å². The van der Waals surface area contributed by atoms with E-state index in [1.807, 2.05) is 18.2 Å². The van der Waals surface area contributed by atoms with Gasteiger partial charge in [-0.1, -0.05) is 12.5 Å². The van der Waals surface area contributed by atoms with Crippen LogP contribution in [0, 0.1) is 5.92 Å². The highest BCUT2D eigenvalue weighted by molar-refractivity contribution is 5.92. The first-order chi connectivity index (χ1) is 8.36. The first-order valence-electron chi connectivity index (χ1n) is 6.58. The number of carbonyl (C=O) groups excluding carboxylic acids is 1. The van der Waals surface area contributed by atoms with Gasteiger partial charge >= 0.3 is 0 Å². The number of nitrogens with zero attached hydrogens (tertiary/aromatic N) is 2. The molecule has 0 bridgehead atoms. The molecule has 2 heterocycles. The van der Waals surface area contributed by atoms with Crippen LogP contribution in [0.1, 0.15) is 42.6 Å². The van der Waals surface area contributed by atoms with Gasteiger partial charge in [-0.25, -0.2) is 0 Å². The van der Waals surface area contributed by atoms with Crippen molar-refractivity contribution < 1.29 is 4.79 Å². The summed E-state index contributed by atoms with van der Waals surface area (Å²) < 4.78 is 0. The fourth-order valence-electron chi connectivity index (χ4n) is 3.34. The van der Waals surface area contributed by atoms with Crippen LogP contribution < -0.4 is 0 Å². The summed E-state index contributed by atoms with van der Waals surface area (Å²) in [6.07, 6.45) is 7.92. The van der Waals surface area contributed by atoms with E-state index in [4.69, 9.17) is 0 Å². The van der Waals surface area contributed by atoms with E-state index in [0.717, 1.165) is 18.9 Å². The number of piperidine rings is 1. The van der Waals surface area contributed by atoms with Gasteiger partial charge in [0.1, 0.15) is 5.69 Å². The van der Waals surface area contributed by atoms with Gasteiger partial charge in [0.05, 0.1) is 0 Å². The second-order valence-corrected chi connectivity index (χ2v) is 5.11. The van der Waals surface area contributed by atoms with Gasteiger partial charge < -0.3 is 4.90 Å². The number of amides is 1. The van der Waals surface area contributed by atoms with Crippen LogP contribution in [0.25, 0.3) is 0 Å². The first kappa shape index (κ1) is 10.8. The third kappa shape index (κ3) is 1.94. The number of rotatable bonds is 1. The van der Waals surface area contributed by atoms with Crippen LogP contribution in [0.3, 0.4) is 0 Å². The lowest BCUT2D eigenvalue weighted by atomic mass is 9.92. The Morgan fingerprint density at radius 1 is 1.24 bits per heavy atom. The van der Waals surface area contributed by atoms with Crippen molar-refractivity contribution >= 4 is 5.91 Å². The maximum Gasteiger partial charge on any atom is 0.272 e. The molecule has 1 saturated heterocycles. The van der Waals surface area contributed by atoms with Crippen molar-refractivity contribution in [2.24, 2.45) is 5.92 Å². The topological polar surface area (TPSA) is 33.2 Å². The molecular formula is C14H18N2O. The molecule has 1 amide bonds. The second kappa shape index (κ2) is 4.47. The smallest absolute Gasteiger partial charge is 0.272 e. The minimum absolute atomic E-state index is 0.127. The molecule has 90 valence electrons. The molecule has 2 unspecified atom stereocenters. The van der Waals surface area contributed by atoms with Gasteiger partial charge in [0, 0.05) is 18.8 Å². The summed E-state index contributed by atoms with van der Waals surface area (Å²) in [4.78, 5) is 18.7. The van der Waals surface area contributed by atoms with E-state index in [-0.39, 0.29) is 5.91 Å². The Bertz CT molecular complexity index is 404. The van der Waals surface area contributed by atoms with Crippen LogP contribution in [0.15, 0.2) is 24.4 Å². The number of likely N-dealkylation sites (tertiary alicyclic amines) is 1. The number of fused-ring (bicyclic) bond motifs is 1. The SMILES string of the molecule is O=C(c1ccccn1)N1CCCC2CCCC21. The average Bonchev–Trinajstić information content (AvgIpc) is 2.87. The highest BCUT2D eigenvalue weighted by Crippen LogP contribution is 2.37. The zero-order valence-corrected chi connectivity index (χ0v) is 10.0. The zero-order valence-electron chi connectivity index (χ0n) is 10.0. The number of hydrogen-bond donors (Lipinski definition) is 0. The van der Waals surface area contributed by atoms with Crippen molar-refractivity contribution in [1.29, 1.82) is 0 Å². The Morgan fingerprint density at radius 2 is 2.12 bits per heavy atom.